The Labute approximate surface area is 100 Å². The largest absolute Gasteiger partial charge is 0.243 e. The van der Waals surface area contributed by atoms with Crippen LogP contribution in [-0.2, 0) is 0 Å². The van der Waals surface area contributed by atoms with Crippen molar-refractivity contribution in [3.05, 3.63) is 58.7 Å². The van der Waals surface area contributed by atoms with E-state index in [0.717, 1.165) is 16.7 Å². The Balaban J connectivity index is 3.10. The van der Waals surface area contributed by atoms with Crippen LogP contribution in [0.15, 0.2) is 42.2 Å². The van der Waals surface area contributed by atoms with Crippen LogP contribution in [0.2, 0.25) is 0 Å². The monoisotopic (exact) mass is 231 g/mol. The molecular weight excluding hydrogens is 217 g/mol. The topological polar surface area (TPSA) is 29.4 Å². The summed E-state index contributed by atoms with van der Waals surface area (Å²) in [6.07, 6.45) is 6.64. The van der Waals surface area contributed by atoms with Gasteiger partial charge in [0.2, 0.25) is 0 Å². The molecule has 0 aliphatic carbocycles. The molecule has 0 fully saturated rings. The molecule has 17 heavy (non-hydrogen) atoms. The Morgan fingerprint density at radius 2 is 2.12 bits per heavy atom. The van der Waals surface area contributed by atoms with E-state index >= 15 is 0 Å². The minimum Gasteiger partial charge on any atom is -0.243 e. The highest BCUT2D eigenvalue weighted by atomic mass is 19.1. The van der Waals surface area contributed by atoms with E-state index in [9.17, 15) is 9.30 Å². The van der Waals surface area contributed by atoms with Crippen LogP contribution < -0.4 is 0 Å². The quantitative estimate of drug-likeness (QED) is 0.689. The van der Waals surface area contributed by atoms with E-state index in [4.69, 9.17) is 0 Å². The second-order valence-electron chi connectivity index (χ2n) is 3.55. The third kappa shape index (κ3) is 4.15. The van der Waals surface area contributed by atoms with Crippen LogP contribution in [0.1, 0.15) is 23.6 Å². The molecule has 1 aromatic rings. The van der Waals surface area contributed by atoms with Gasteiger partial charge in [0.05, 0.1) is 6.20 Å². The Bertz CT molecular complexity index is 461. The van der Waals surface area contributed by atoms with E-state index in [1.54, 1.807) is 18.2 Å². The Morgan fingerprint density at radius 1 is 1.35 bits per heavy atom. The molecule has 1 atom stereocenters. The predicted octanol–water partition coefficient (Wildman–Crippen LogP) is 4.44. The lowest BCUT2D eigenvalue weighted by Crippen LogP contribution is -1.86. The first-order valence-electron chi connectivity index (χ1n) is 5.25. The number of hydrogen-bond donors (Lipinski definition) is 0. The number of nitrogens with zero attached hydrogens (tertiary/aromatic N) is 1. The van der Waals surface area contributed by atoms with Gasteiger partial charge in [0.25, 0.3) is 0 Å². The number of allylic oxidation sites excluding steroid dienone is 1. The summed E-state index contributed by atoms with van der Waals surface area (Å²) in [7, 11) is 0. The minimum atomic E-state index is -0.997. The molecule has 1 rings (SSSR count). The average molecular weight is 231 g/mol. The molecule has 0 bridgehead atoms. The summed E-state index contributed by atoms with van der Waals surface area (Å²) in [5.41, 5.74) is 2.61. The summed E-state index contributed by atoms with van der Waals surface area (Å²) in [5.74, 6) is 0. The van der Waals surface area contributed by atoms with Gasteiger partial charge < -0.3 is 0 Å². The lowest BCUT2D eigenvalue weighted by Gasteiger charge is -2.03. The van der Waals surface area contributed by atoms with Gasteiger partial charge in [-0.05, 0) is 40.9 Å². The lowest BCUT2D eigenvalue weighted by molar-refractivity contribution is 0.432. The summed E-state index contributed by atoms with van der Waals surface area (Å²) < 4.78 is 12.7. The number of hydrogen-bond acceptors (Lipinski definition) is 2. The van der Waals surface area contributed by atoms with Gasteiger partial charge in [-0.3, -0.25) is 0 Å². The summed E-state index contributed by atoms with van der Waals surface area (Å²) in [5, 5.41) is 2.65. The second kappa shape index (κ2) is 6.53. The van der Waals surface area contributed by atoms with Crippen molar-refractivity contribution in [1.82, 2.24) is 0 Å². The van der Waals surface area contributed by atoms with E-state index in [1.165, 1.54) is 19.2 Å². The Morgan fingerprint density at radius 3 is 2.71 bits per heavy atom. The van der Waals surface area contributed by atoms with Gasteiger partial charge in [-0.2, -0.15) is 0 Å². The van der Waals surface area contributed by atoms with Gasteiger partial charge in [-0.25, -0.2) is 4.39 Å². The van der Waals surface area contributed by atoms with Gasteiger partial charge in [-0.1, -0.05) is 36.9 Å². The van der Waals surface area contributed by atoms with E-state index in [2.05, 4.69) is 11.8 Å². The fraction of sp³-hybridized carbons (Fsp3) is 0.143. The van der Waals surface area contributed by atoms with Crippen molar-refractivity contribution in [2.45, 2.75) is 13.1 Å². The Hall–Kier alpha value is -2.03. The van der Waals surface area contributed by atoms with Crippen molar-refractivity contribution >= 4 is 18.2 Å². The maximum absolute atomic E-state index is 12.7. The highest BCUT2D eigenvalue weighted by Gasteiger charge is 1.98. The van der Waals surface area contributed by atoms with Gasteiger partial charge in [0.1, 0.15) is 6.17 Å². The predicted molar refractivity (Wildman–Crippen MR) is 71.0 cm³/mol. The molecule has 3 heteroatoms. The first-order chi connectivity index (χ1) is 8.17. The van der Waals surface area contributed by atoms with E-state index < -0.39 is 6.17 Å². The third-order valence-corrected chi connectivity index (χ3v) is 2.20. The van der Waals surface area contributed by atoms with Gasteiger partial charge in [0.15, 0.2) is 0 Å². The van der Waals surface area contributed by atoms with Crippen LogP contribution in [0.4, 0.5) is 4.39 Å². The summed E-state index contributed by atoms with van der Waals surface area (Å²) in [6.45, 7) is 5.16. The molecule has 0 saturated heterocycles. The second-order valence-corrected chi connectivity index (χ2v) is 3.55. The van der Waals surface area contributed by atoms with Crippen LogP contribution in [0, 0.1) is 4.91 Å². The highest BCUT2D eigenvalue weighted by molar-refractivity contribution is 5.68. The molecule has 88 valence electrons. The van der Waals surface area contributed by atoms with Crippen LogP contribution in [0.5, 0.6) is 0 Å². The number of nitroso groups, excluding NO2 is 1. The maximum Gasteiger partial charge on any atom is 0.116 e. The van der Waals surface area contributed by atoms with Gasteiger partial charge >= 0.3 is 0 Å². The minimum absolute atomic E-state index is 0.835. The molecule has 0 aromatic heterocycles. The SMILES string of the molecule is C=Cc1ccc(/C=C/N=O)cc1C=CC(C)F. The molecule has 0 amide bonds. The molecule has 0 heterocycles. The lowest BCUT2D eigenvalue weighted by atomic mass is 10.0. The number of alkyl halides is 1. The molecule has 1 aromatic carbocycles. The third-order valence-electron chi connectivity index (χ3n) is 2.20. The van der Waals surface area contributed by atoms with E-state index in [1.807, 2.05) is 18.2 Å². The van der Waals surface area contributed by atoms with Crippen molar-refractivity contribution < 1.29 is 4.39 Å². The Kier molecular flexibility index (Phi) is 5.01. The fourth-order valence-corrected chi connectivity index (χ4v) is 1.38. The molecular formula is C14H14FNO. The average Bonchev–Trinajstić information content (AvgIpc) is 2.33. The molecule has 2 nitrogen and oxygen atoms in total. The maximum atomic E-state index is 12.7. The first kappa shape index (κ1) is 13.0. The summed E-state index contributed by atoms with van der Waals surface area (Å²) >= 11 is 0. The molecule has 0 N–H and O–H groups in total. The van der Waals surface area contributed by atoms with Crippen LogP contribution in [0.25, 0.3) is 18.2 Å². The fourth-order valence-electron chi connectivity index (χ4n) is 1.38. The normalized spacial score (nSPS) is 13.1. The number of benzene rings is 1. The number of halogens is 1. The van der Waals surface area contributed by atoms with Crippen molar-refractivity contribution in [3.63, 3.8) is 0 Å². The molecule has 1 unspecified atom stereocenters. The standard InChI is InChI=1S/C14H14FNO/c1-3-13-7-5-12(8-9-16-17)10-14(13)6-4-11(2)15/h3-11H,1H2,2H3/b6-4?,9-8+. The summed E-state index contributed by atoms with van der Waals surface area (Å²) in [6, 6.07) is 5.55. The summed E-state index contributed by atoms with van der Waals surface area (Å²) in [4.78, 5) is 9.98. The molecule has 0 saturated carbocycles. The first-order valence-corrected chi connectivity index (χ1v) is 5.25. The van der Waals surface area contributed by atoms with Crippen molar-refractivity contribution in [3.8, 4) is 0 Å². The van der Waals surface area contributed by atoms with Crippen LogP contribution in [-0.4, -0.2) is 6.17 Å². The smallest absolute Gasteiger partial charge is 0.116 e. The van der Waals surface area contributed by atoms with Crippen molar-refractivity contribution in [1.29, 1.82) is 0 Å². The zero-order valence-electron chi connectivity index (χ0n) is 9.64. The van der Waals surface area contributed by atoms with Crippen molar-refractivity contribution in [2.24, 2.45) is 5.18 Å². The number of rotatable bonds is 5. The van der Waals surface area contributed by atoms with E-state index in [-0.39, 0.29) is 0 Å². The van der Waals surface area contributed by atoms with Gasteiger partial charge in [0, 0.05) is 0 Å². The zero-order valence-corrected chi connectivity index (χ0v) is 9.64. The van der Waals surface area contributed by atoms with Gasteiger partial charge in [-0.15, -0.1) is 4.91 Å². The van der Waals surface area contributed by atoms with Crippen molar-refractivity contribution in [2.75, 3.05) is 0 Å². The molecule has 0 spiro atoms. The van der Waals surface area contributed by atoms with Crippen LogP contribution in [0.3, 0.4) is 0 Å². The van der Waals surface area contributed by atoms with Crippen LogP contribution >= 0.6 is 0 Å². The zero-order chi connectivity index (χ0) is 12.7. The molecule has 0 radical (unpaired) electrons. The molecule has 0 aliphatic heterocycles. The highest BCUT2D eigenvalue weighted by Crippen LogP contribution is 2.17. The van der Waals surface area contributed by atoms with E-state index in [0.29, 0.717) is 0 Å². The molecule has 0 aliphatic rings.